The third-order valence-corrected chi connectivity index (χ3v) is 5.82. The van der Waals surface area contributed by atoms with Gasteiger partial charge in [-0.05, 0) is 30.0 Å². The minimum Gasteiger partial charge on any atom is -0.392 e. The number of aliphatic hydroxyl groups excluding tert-OH is 1. The summed E-state index contributed by atoms with van der Waals surface area (Å²) in [6, 6.07) is 5.15. The molecule has 1 atom stereocenters. The van der Waals surface area contributed by atoms with Crippen molar-refractivity contribution in [1.82, 2.24) is 4.31 Å². The number of hydrogen-bond acceptors (Lipinski definition) is 4. The third-order valence-electron chi connectivity index (χ3n) is 3.87. The van der Waals surface area contributed by atoms with E-state index in [-0.39, 0.29) is 12.7 Å². The summed E-state index contributed by atoms with van der Waals surface area (Å²) in [5.41, 5.74) is 1.40. The molecule has 0 spiro atoms. The van der Waals surface area contributed by atoms with Crippen LogP contribution < -0.4 is 0 Å². The van der Waals surface area contributed by atoms with Crippen molar-refractivity contribution in [2.24, 2.45) is 0 Å². The van der Waals surface area contributed by atoms with Gasteiger partial charge in [-0.25, -0.2) is 8.42 Å². The summed E-state index contributed by atoms with van der Waals surface area (Å²) in [6.07, 6.45) is 1.39. The number of nitrogens with zero attached hydrogens (tertiary/aromatic N) is 1. The topological polar surface area (TPSA) is 66.8 Å². The molecule has 0 aliphatic carbocycles. The molecule has 1 aliphatic rings. The SMILES string of the molecule is CCc1ccc(CO)cc1S(=O)(=O)N1CCOC(CC)C1. The summed E-state index contributed by atoms with van der Waals surface area (Å²) in [6.45, 7) is 4.97. The summed E-state index contributed by atoms with van der Waals surface area (Å²) < 4.78 is 32.8. The van der Waals surface area contributed by atoms with Crippen molar-refractivity contribution in [1.29, 1.82) is 0 Å². The third kappa shape index (κ3) is 3.45. The molecule has 1 fully saturated rings. The monoisotopic (exact) mass is 313 g/mol. The van der Waals surface area contributed by atoms with Crippen molar-refractivity contribution in [3.63, 3.8) is 0 Å². The molecule has 1 aliphatic heterocycles. The second-order valence-corrected chi connectivity index (χ2v) is 7.12. The minimum absolute atomic E-state index is 0.0420. The molecule has 5 nitrogen and oxygen atoms in total. The maximum atomic E-state index is 12.9. The van der Waals surface area contributed by atoms with Gasteiger partial charge < -0.3 is 9.84 Å². The number of benzene rings is 1. The summed E-state index contributed by atoms with van der Waals surface area (Å²) in [5.74, 6) is 0. The van der Waals surface area contributed by atoms with Crippen molar-refractivity contribution in [2.75, 3.05) is 19.7 Å². The highest BCUT2D eigenvalue weighted by Gasteiger charge is 2.31. The predicted octanol–water partition coefficient (Wildman–Crippen LogP) is 1.54. The molecule has 0 radical (unpaired) electrons. The summed E-state index contributed by atoms with van der Waals surface area (Å²) in [4.78, 5) is 0.313. The molecule has 21 heavy (non-hydrogen) atoms. The van der Waals surface area contributed by atoms with Gasteiger partial charge in [-0.2, -0.15) is 4.31 Å². The molecule has 0 bridgehead atoms. The molecule has 118 valence electrons. The lowest BCUT2D eigenvalue weighted by molar-refractivity contribution is -0.00279. The Balaban J connectivity index is 2.38. The lowest BCUT2D eigenvalue weighted by Gasteiger charge is -2.32. The Morgan fingerprint density at radius 3 is 2.76 bits per heavy atom. The predicted molar refractivity (Wildman–Crippen MR) is 80.5 cm³/mol. The molecule has 1 aromatic carbocycles. The normalized spacial score (nSPS) is 20.6. The average Bonchev–Trinajstić information content (AvgIpc) is 2.54. The molecule has 0 amide bonds. The van der Waals surface area contributed by atoms with Crippen LogP contribution in [0.4, 0.5) is 0 Å². The second kappa shape index (κ2) is 6.87. The van der Waals surface area contributed by atoms with Crippen LogP contribution in [-0.2, 0) is 27.8 Å². The maximum Gasteiger partial charge on any atom is 0.243 e. The van der Waals surface area contributed by atoms with Crippen LogP contribution in [0.3, 0.4) is 0 Å². The highest BCUT2D eigenvalue weighted by Crippen LogP contribution is 2.24. The van der Waals surface area contributed by atoms with Crippen LogP contribution in [0.2, 0.25) is 0 Å². The number of morpholine rings is 1. The summed E-state index contributed by atoms with van der Waals surface area (Å²) in [7, 11) is -3.54. The molecule has 1 unspecified atom stereocenters. The molecule has 1 heterocycles. The van der Waals surface area contributed by atoms with E-state index in [1.54, 1.807) is 18.2 Å². The quantitative estimate of drug-likeness (QED) is 0.895. The van der Waals surface area contributed by atoms with Gasteiger partial charge in [-0.15, -0.1) is 0 Å². The van der Waals surface area contributed by atoms with Crippen LogP contribution >= 0.6 is 0 Å². The van der Waals surface area contributed by atoms with E-state index >= 15 is 0 Å². The van der Waals surface area contributed by atoms with Gasteiger partial charge in [0.2, 0.25) is 10.0 Å². The van der Waals surface area contributed by atoms with Crippen LogP contribution in [0, 0.1) is 0 Å². The van der Waals surface area contributed by atoms with Gasteiger partial charge in [0.05, 0.1) is 24.2 Å². The fourth-order valence-electron chi connectivity index (χ4n) is 2.53. The second-order valence-electron chi connectivity index (χ2n) is 5.22. The van der Waals surface area contributed by atoms with Gasteiger partial charge in [0.15, 0.2) is 0 Å². The first kappa shape index (κ1) is 16.4. The van der Waals surface area contributed by atoms with E-state index in [1.165, 1.54) is 4.31 Å². The molecular weight excluding hydrogens is 290 g/mol. The molecular formula is C15H23NO4S. The van der Waals surface area contributed by atoms with Crippen molar-refractivity contribution in [3.05, 3.63) is 29.3 Å². The summed E-state index contributed by atoms with van der Waals surface area (Å²) in [5, 5.41) is 9.25. The van der Waals surface area contributed by atoms with Gasteiger partial charge in [0.1, 0.15) is 0 Å². The van der Waals surface area contributed by atoms with Crippen LogP contribution in [-0.4, -0.2) is 43.6 Å². The molecule has 1 saturated heterocycles. The lowest BCUT2D eigenvalue weighted by atomic mass is 10.1. The van der Waals surface area contributed by atoms with Gasteiger partial charge in [-0.1, -0.05) is 26.0 Å². The fourth-order valence-corrected chi connectivity index (χ4v) is 4.33. The van der Waals surface area contributed by atoms with E-state index < -0.39 is 10.0 Å². The Labute approximate surface area is 126 Å². The molecule has 2 rings (SSSR count). The number of aryl methyl sites for hydroxylation is 1. The molecule has 0 aromatic heterocycles. The Morgan fingerprint density at radius 1 is 1.38 bits per heavy atom. The number of ether oxygens (including phenoxy) is 1. The van der Waals surface area contributed by atoms with Gasteiger partial charge >= 0.3 is 0 Å². The van der Waals surface area contributed by atoms with Crippen molar-refractivity contribution in [2.45, 2.75) is 44.3 Å². The van der Waals surface area contributed by atoms with Crippen LogP contribution in [0.25, 0.3) is 0 Å². The molecule has 0 saturated carbocycles. The summed E-state index contributed by atoms with van der Waals surface area (Å²) >= 11 is 0. The van der Waals surface area contributed by atoms with Crippen molar-refractivity contribution in [3.8, 4) is 0 Å². The van der Waals surface area contributed by atoms with E-state index in [9.17, 15) is 13.5 Å². The number of rotatable bonds is 5. The Kier molecular flexibility index (Phi) is 5.37. The van der Waals surface area contributed by atoms with E-state index in [2.05, 4.69) is 0 Å². The standard InChI is InChI=1S/C15H23NO4S/c1-3-13-6-5-12(11-17)9-15(13)21(18,19)16-7-8-20-14(4-2)10-16/h5-6,9,14,17H,3-4,7-8,10-11H2,1-2H3. The molecule has 1 aromatic rings. The highest BCUT2D eigenvalue weighted by molar-refractivity contribution is 7.89. The smallest absolute Gasteiger partial charge is 0.243 e. The lowest BCUT2D eigenvalue weighted by Crippen LogP contribution is -2.45. The van der Waals surface area contributed by atoms with E-state index in [0.29, 0.717) is 36.6 Å². The van der Waals surface area contributed by atoms with E-state index in [4.69, 9.17) is 4.74 Å². The average molecular weight is 313 g/mol. The first-order valence-corrected chi connectivity index (χ1v) is 8.81. The highest BCUT2D eigenvalue weighted by atomic mass is 32.2. The molecule has 1 N–H and O–H groups in total. The minimum atomic E-state index is -3.54. The number of aliphatic hydroxyl groups is 1. The zero-order valence-electron chi connectivity index (χ0n) is 12.6. The van der Waals surface area contributed by atoms with Gasteiger partial charge in [0, 0.05) is 13.1 Å². The molecule has 6 heteroatoms. The van der Waals surface area contributed by atoms with Crippen molar-refractivity contribution >= 4 is 10.0 Å². The van der Waals surface area contributed by atoms with Gasteiger partial charge in [0.25, 0.3) is 0 Å². The largest absolute Gasteiger partial charge is 0.392 e. The van der Waals surface area contributed by atoms with Crippen LogP contribution in [0.15, 0.2) is 23.1 Å². The Hall–Kier alpha value is -0.950. The van der Waals surface area contributed by atoms with Crippen molar-refractivity contribution < 1.29 is 18.3 Å². The van der Waals surface area contributed by atoms with E-state index in [1.807, 2.05) is 13.8 Å². The first-order valence-electron chi connectivity index (χ1n) is 7.37. The van der Waals surface area contributed by atoms with Gasteiger partial charge in [-0.3, -0.25) is 0 Å². The number of sulfonamides is 1. The number of hydrogen-bond donors (Lipinski definition) is 1. The Morgan fingerprint density at radius 2 is 2.14 bits per heavy atom. The first-order chi connectivity index (χ1) is 10.0. The fraction of sp³-hybridized carbons (Fsp3) is 0.600. The van der Waals surface area contributed by atoms with E-state index in [0.717, 1.165) is 12.0 Å². The Bertz CT molecular complexity index is 585. The zero-order valence-corrected chi connectivity index (χ0v) is 13.4. The van der Waals surface area contributed by atoms with Crippen LogP contribution in [0.1, 0.15) is 31.4 Å². The zero-order chi connectivity index (χ0) is 15.5. The maximum absolute atomic E-state index is 12.9. The van der Waals surface area contributed by atoms with Crippen LogP contribution in [0.5, 0.6) is 0 Å².